The smallest absolute Gasteiger partial charge is 0.244 e. The number of amides is 1. The third-order valence-electron chi connectivity index (χ3n) is 4.49. The maximum atomic E-state index is 12.8. The van der Waals surface area contributed by atoms with E-state index < -0.39 is 0 Å². The van der Waals surface area contributed by atoms with Gasteiger partial charge in [-0.1, -0.05) is 18.2 Å². The fourth-order valence-electron chi connectivity index (χ4n) is 3.35. The van der Waals surface area contributed by atoms with Crippen LogP contribution in [0.5, 0.6) is 0 Å². The van der Waals surface area contributed by atoms with Crippen molar-refractivity contribution in [1.82, 2.24) is 14.7 Å². The van der Waals surface area contributed by atoms with Crippen molar-refractivity contribution in [3.05, 3.63) is 63.1 Å². The summed E-state index contributed by atoms with van der Waals surface area (Å²) in [4.78, 5) is 27.9. The Bertz CT molecular complexity index is 933. The molecule has 0 unspecified atom stereocenters. The second-order valence-electron chi connectivity index (χ2n) is 5.94. The summed E-state index contributed by atoms with van der Waals surface area (Å²) in [7, 11) is 0. The minimum atomic E-state index is -0.119. The minimum Gasteiger partial charge on any atom is -0.333 e. The van der Waals surface area contributed by atoms with E-state index in [0.717, 1.165) is 19.4 Å². The van der Waals surface area contributed by atoms with E-state index in [1.807, 2.05) is 34.5 Å². The zero-order valence-electron chi connectivity index (χ0n) is 13.1. The zero-order chi connectivity index (χ0) is 16.5. The molecule has 0 aliphatic carbocycles. The van der Waals surface area contributed by atoms with Crippen LogP contribution in [0, 0.1) is 0 Å². The Morgan fingerprint density at radius 2 is 2.12 bits per heavy atom. The first-order valence-corrected chi connectivity index (χ1v) is 8.90. The highest BCUT2D eigenvalue weighted by atomic mass is 32.1. The molecule has 1 aromatic carbocycles. The molecule has 1 fully saturated rings. The van der Waals surface area contributed by atoms with Crippen molar-refractivity contribution in [1.29, 1.82) is 0 Å². The molecule has 1 saturated heterocycles. The standard InChI is InChI=1S/C18H17N3O2S/c22-16-11-19-21(14-6-2-1-5-13(14)16)12-18(23)20-9-3-7-15(20)17-8-4-10-24-17/h1-2,4-6,8,10-11,15H,3,7,9,12H2/t15-/m0/s1. The first kappa shape index (κ1) is 15.1. The van der Waals surface area contributed by atoms with Crippen molar-refractivity contribution in [2.45, 2.75) is 25.4 Å². The summed E-state index contributed by atoms with van der Waals surface area (Å²) >= 11 is 1.69. The summed E-state index contributed by atoms with van der Waals surface area (Å²) < 4.78 is 1.63. The van der Waals surface area contributed by atoms with E-state index in [1.165, 1.54) is 11.1 Å². The van der Waals surface area contributed by atoms with Crippen LogP contribution in [0.3, 0.4) is 0 Å². The second-order valence-corrected chi connectivity index (χ2v) is 6.92. The van der Waals surface area contributed by atoms with Crippen molar-refractivity contribution < 1.29 is 4.79 Å². The van der Waals surface area contributed by atoms with E-state index in [-0.39, 0.29) is 23.9 Å². The SMILES string of the molecule is O=C(Cn1ncc(=O)c2ccccc21)N1CCC[C@H]1c1cccs1. The van der Waals surface area contributed by atoms with Gasteiger partial charge in [0.15, 0.2) is 0 Å². The van der Waals surface area contributed by atoms with Crippen LogP contribution in [-0.4, -0.2) is 27.1 Å². The van der Waals surface area contributed by atoms with Gasteiger partial charge < -0.3 is 4.90 Å². The number of fused-ring (bicyclic) bond motifs is 1. The van der Waals surface area contributed by atoms with Gasteiger partial charge in [0, 0.05) is 16.8 Å². The largest absolute Gasteiger partial charge is 0.333 e. The molecule has 2 aromatic heterocycles. The van der Waals surface area contributed by atoms with Crippen molar-refractivity contribution in [2.75, 3.05) is 6.54 Å². The van der Waals surface area contributed by atoms with Crippen LogP contribution in [0.4, 0.5) is 0 Å². The molecule has 0 bridgehead atoms. The molecule has 1 atom stereocenters. The van der Waals surface area contributed by atoms with Gasteiger partial charge in [-0.15, -0.1) is 11.3 Å². The molecular formula is C18H17N3O2S. The average molecular weight is 339 g/mol. The fourth-order valence-corrected chi connectivity index (χ4v) is 4.22. The van der Waals surface area contributed by atoms with Crippen LogP contribution < -0.4 is 5.43 Å². The second kappa shape index (κ2) is 6.20. The zero-order valence-corrected chi connectivity index (χ0v) is 13.9. The predicted molar refractivity (Wildman–Crippen MR) is 94.0 cm³/mol. The molecule has 3 aromatic rings. The molecule has 4 rings (SSSR count). The first-order chi connectivity index (χ1) is 11.7. The lowest BCUT2D eigenvalue weighted by Crippen LogP contribution is -2.34. The van der Waals surface area contributed by atoms with Crippen LogP contribution in [0.25, 0.3) is 10.9 Å². The van der Waals surface area contributed by atoms with E-state index >= 15 is 0 Å². The lowest BCUT2D eigenvalue weighted by Gasteiger charge is -2.24. The third-order valence-corrected chi connectivity index (χ3v) is 5.47. The van der Waals surface area contributed by atoms with Gasteiger partial charge in [0.2, 0.25) is 11.3 Å². The summed E-state index contributed by atoms with van der Waals surface area (Å²) in [6, 6.07) is 11.6. The number of hydrogen-bond acceptors (Lipinski definition) is 4. The Balaban J connectivity index is 1.63. The molecule has 5 nitrogen and oxygen atoms in total. The first-order valence-electron chi connectivity index (χ1n) is 8.02. The molecule has 0 N–H and O–H groups in total. The van der Waals surface area contributed by atoms with Crippen molar-refractivity contribution in [3.63, 3.8) is 0 Å². The van der Waals surface area contributed by atoms with Gasteiger partial charge in [-0.05, 0) is 36.4 Å². The predicted octanol–water partition coefficient (Wildman–Crippen LogP) is 2.82. The number of likely N-dealkylation sites (tertiary alicyclic amines) is 1. The van der Waals surface area contributed by atoms with E-state index in [1.54, 1.807) is 22.1 Å². The monoisotopic (exact) mass is 339 g/mol. The molecule has 1 aliphatic heterocycles. The lowest BCUT2D eigenvalue weighted by molar-refractivity contribution is -0.132. The highest BCUT2D eigenvalue weighted by Crippen LogP contribution is 2.34. The Labute approximate surface area is 143 Å². The van der Waals surface area contributed by atoms with Crippen LogP contribution in [-0.2, 0) is 11.3 Å². The van der Waals surface area contributed by atoms with Crippen LogP contribution >= 0.6 is 11.3 Å². The van der Waals surface area contributed by atoms with Crippen LogP contribution in [0.1, 0.15) is 23.8 Å². The number of thiophene rings is 1. The topological polar surface area (TPSA) is 55.2 Å². The number of nitrogens with zero attached hydrogens (tertiary/aromatic N) is 3. The lowest BCUT2D eigenvalue weighted by atomic mass is 10.2. The summed E-state index contributed by atoms with van der Waals surface area (Å²) in [6.45, 7) is 0.933. The maximum absolute atomic E-state index is 12.8. The Morgan fingerprint density at radius 3 is 2.96 bits per heavy atom. The Morgan fingerprint density at radius 1 is 1.25 bits per heavy atom. The summed E-state index contributed by atoms with van der Waals surface area (Å²) in [5.74, 6) is 0.0483. The average Bonchev–Trinajstić information content (AvgIpc) is 3.28. The minimum absolute atomic E-state index is 0.0483. The van der Waals surface area contributed by atoms with Crippen molar-refractivity contribution in [3.8, 4) is 0 Å². The fraction of sp³-hybridized carbons (Fsp3) is 0.278. The van der Waals surface area contributed by atoms with Gasteiger partial charge >= 0.3 is 0 Å². The summed E-state index contributed by atoms with van der Waals surface area (Å²) in [5.41, 5.74) is 0.581. The number of para-hydroxylation sites is 1. The van der Waals surface area contributed by atoms with E-state index in [0.29, 0.717) is 10.9 Å². The maximum Gasteiger partial charge on any atom is 0.244 e. The molecule has 1 amide bonds. The van der Waals surface area contributed by atoms with E-state index in [9.17, 15) is 9.59 Å². The number of benzene rings is 1. The van der Waals surface area contributed by atoms with Crippen molar-refractivity contribution >= 4 is 28.1 Å². The van der Waals surface area contributed by atoms with Gasteiger partial charge in [0.1, 0.15) is 6.54 Å². The molecular weight excluding hydrogens is 322 g/mol. The number of aromatic nitrogens is 2. The van der Waals surface area contributed by atoms with E-state index in [4.69, 9.17) is 0 Å². The molecule has 0 radical (unpaired) electrons. The number of carbonyl (C=O) groups excluding carboxylic acids is 1. The molecule has 0 spiro atoms. The van der Waals surface area contributed by atoms with Gasteiger partial charge in [-0.25, -0.2) is 0 Å². The van der Waals surface area contributed by atoms with E-state index in [2.05, 4.69) is 11.2 Å². The number of rotatable bonds is 3. The molecule has 3 heterocycles. The molecule has 0 saturated carbocycles. The molecule has 122 valence electrons. The number of carbonyl (C=O) groups is 1. The van der Waals surface area contributed by atoms with Crippen LogP contribution in [0.2, 0.25) is 0 Å². The normalized spacial score (nSPS) is 17.5. The van der Waals surface area contributed by atoms with Crippen LogP contribution in [0.15, 0.2) is 52.8 Å². The van der Waals surface area contributed by atoms with Gasteiger partial charge in [0.05, 0.1) is 17.8 Å². The molecule has 1 aliphatic rings. The molecule has 6 heteroatoms. The van der Waals surface area contributed by atoms with Crippen molar-refractivity contribution in [2.24, 2.45) is 0 Å². The third kappa shape index (κ3) is 2.63. The van der Waals surface area contributed by atoms with Gasteiger partial charge in [-0.2, -0.15) is 5.10 Å². The number of hydrogen-bond donors (Lipinski definition) is 0. The van der Waals surface area contributed by atoms with Gasteiger partial charge in [0.25, 0.3) is 0 Å². The summed E-state index contributed by atoms with van der Waals surface area (Å²) in [5, 5.41) is 6.81. The molecule has 24 heavy (non-hydrogen) atoms. The quantitative estimate of drug-likeness (QED) is 0.737. The summed E-state index contributed by atoms with van der Waals surface area (Å²) in [6.07, 6.45) is 3.31. The Hall–Kier alpha value is -2.47. The van der Waals surface area contributed by atoms with Gasteiger partial charge in [-0.3, -0.25) is 14.3 Å². The Kier molecular flexibility index (Phi) is 3.90. The highest BCUT2D eigenvalue weighted by molar-refractivity contribution is 7.10. The highest BCUT2D eigenvalue weighted by Gasteiger charge is 2.30.